The van der Waals surface area contributed by atoms with Gasteiger partial charge in [0, 0.05) is 29.5 Å². The van der Waals surface area contributed by atoms with E-state index in [0.29, 0.717) is 0 Å². The van der Waals surface area contributed by atoms with E-state index in [0.717, 1.165) is 31.5 Å². The molecule has 1 aliphatic heterocycles. The number of halogens is 1. The van der Waals surface area contributed by atoms with Gasteiger partial charge >= 0.3 is 0 Å². The maximum Gasteiger partial charge on any atom is 0.191 e. The number of nitrogens with zero attached hydrogens (tertiary/aromatic N) is 2. The van der Waals surface area contributed by atoms with Gasteiger partial charge in [0.2, 0.25) is 0 Å². The van der Waals surface area contributed by atoms with Crippen molar-refractivity contribution in [2.24, 2.45) is 10.9 Å². The Morgan fingerprint density at radius 1 is 1.32 bits per heavy atom. The van der Waals surface area contributed by atoms with Gasteiger partial charge in [0.05, 0.1) is 6.54 Å². The average Bonchev–Trinajstić information content (AvgIpc) is 3.39. The number of piperidine rings is 1. The molecule has 2 aliphatic rings. The van der Waals surface area contributed by atoms with E-state index in [4.69, 9.17) is 4.99 Å². The second kappa shape index (κ2) is 8.54. The zero-order valence-corrected chi connectivity index (χ0v) is 17.1. The van der Waals surface area contributed by atoms with Crippen LogP contribution in [0.3, 0.4) is 0 Å². The van der Waals surface area contributed by atoms with Crippen LogP contribution in [0, 0.1) is 5.92 Å². The molecule has 25 heavy (non-hydrogen) atoms. The van der Waals surface area contributed by atoms with Gasteiger partial charge in [-0.3, -0.25) is 4.99 Å². The molecule has 0 radical (unpaired) electrons. The molecule has 0 amide bonds. The fourth-order valence-corrected chi connectivity index (χ4v) is 4.51. The number of hydrogen-bond donors (Lipinski definition) is 2. The molecule has 1 atom stereocenters. The van der Waals surface area contributed by atoms with Crippen molar-refractivity contribution in [3.8, 4) is 0 Å². The quantitative estimate of drug-likeness (QED) is 0.561. The molecule has 1 saturated heterocycles. The first-order valence-corrected chi connectivity index (χ1v) is 10.4. The van der Waals surface area contributed by atoms with Crippen molar-refractivity contribution in [1.82, 2.24) is 15.5 Å². The SMILES string of the molecule is CCNC(=NCC1(c2ccccc2Br)CC1)NCC1CCCN(C)C1. The summed E-state index contributed by atoms with van der Waals surface area (Å²) in [6.07, 6.45) is 5.08. The molecule has 1 aromatic rings. The third kappa shape index (κ3) is 4.98. The minimum atomic E-state index is 0.230. The summed E-state index contributed by atoms with van der Waals surface area (Å²) in [5.41, 5.74) is 1.64. The van der Waals surface area contributed by atoms with E-state index < -0.39 is 0 Å². The second-order valence-corrected chi connectivity index (χ2v) is 8.46. The van der Waals surface area contributed by atoms with Gasteiger partial charge in [0.15, 0.2) is 5.96 Å². The van der Waals surface area contributed by atoms with Crippen LogP contribution in [0.4, 0.5) is 0 Å². The standard InChI is InChI=1S/C20H31BrN4/c1-3-22-19(23-13-16-7-6-12-25(2)14-16)24-15-20(10-11-20)17-8-4-5-9-18(17)21/h4-5,8-9,16H,3,6-7,10-15H2,1-2H3,(H2,22,23,24). The Balaban J connectivity index is 1.59. The van der Waals surface area contributed by atoms with E-state index in [1.807, 2.05) is 0 Å². The molecule has 3 rings (SSSR count). The molecule has 1 aromatic carbocycles. The van der Waals surface area contributed by atoms with Crippen molar-refractivity contribution in [2.75, 3.05) is 39.8 Å². The molecule has 2 N–H and O–H groups in total. The molecule has 1 aliphatic carbocycles. The number of hydrogen-bond acceptors (Lipinski definition) is 2. The summed E-state index contributed by atoms with van der Waals surface area (Å²) in [5.74, 6) is 1.69. The van der Waals surface area contributed by atoms with Crippen LogP contribution in [0.2, 0.25) is 0 Å². The lowest BCUT2D eigenvalue weighted by Gasteiger charge is -2.30. The predicted molar refractivity (Wildman–Crippen MR) is 109 cm³/mol. The van der Waals surface area contributed by atoms with E-state index >= 15 is 0 Å². The van der Waals surface area contributed by atoms with Gasteiger partial charge in [-0.15, -0.1) is 0 Å². The molecular weight excluding hydrogens is 376 g/mol. The van der Waals surface area contributed by atoms with Crippen molar-refractivity contribution in [2.45, 2.75) is 38.0 Å². The van der Waals surface area contributed by atoms with Gasteiger partial charge < -0.3 is 15.5 Å². The van der Waals surface area contributed by atoms with E-state index in [1.165, 1.54) is 48.8 Å². The van der Waals surface area contributed by atoms with Gasteiger partial charge in [0.25, 0.3) is 0 Å². The van der Waals surface area contributed by atoms with Gasteiger partial charge in [-0.05, 0) is 63.7 Å². The van der Waals surface area contributed by atoms with Gasteiger partial charge in [-0.2, -0.15) is 0 Å². The van der Waals surface area contributed by atoms with Crippen LogP contribution >= 0.6 is 15.9 Å². The van der Waals surface area contributed by atoms with Crippen LogP contribution in [0.5, 0.6) is 0 Å². The Bertz CT molecular complexity index is 597. The monoisotopic (exact) mass is 406 g/mol. The lowest BCUT2D eigenvalue weighted by molar-refractivity contribution is 0.210. The Morgan fingerprint density at radius 3 is 2.80 bits per heavy atom. The molecule has 0 aromatic heterocycles. The fourth-order valence-electron chi connectivity index (χ4n) is 3.81. The zero-order valence-electron chi connectivity index (χ0n) is 15.5. The highest BCUT2D eigenvalue weighted by Gasteiger charge is 2.45. The smallest absolute Gasteiger partial charge is 0.191 e. The molecule has 4 nitrogen and oxygen atoms in total. The first-order chi connectivity index (χ1) is 12.1. The number of rotatable bonds is 6. The van der Waals surface area contributed by atoms with Gasteiger partial charge in [-0.25, -0.2) is 0 Å². The number of guanidine groups is 1. The largest absolute Gasteiger partial charge is 0.357 e. The highest BCUT2D eigenvalue weighted by atomic mass is 79.9. The molecular formula is C20H31BrN4. The van der Waals surface area contributed by atoms with E-state index in [9.17, 15) is 0 Å². The minimum absolute atomic E-state index is 0.230. The van der Waals surface area contributed by atoms with Crippen LogP contribution in [-0.2, 0) is 5.41 Å². The van der Waals surface area contributed by atoms with Crippen molar-refractivity contribution >= 4 is 21.9 Å². The van der Waals surface area contributed by atoms with E-state index in [2.05, 4.69) is 69.7 Å². The number of aliphatic imine (C=N–C) groups is 1. The summed E-state index contributed by atoms with van der Waals surface area (Å²) >= 11 is 3.71. The maximum absolute atomic E-state index is 4.93. The summed E-state index contributed by atoms with van der Waals surface area (Å²) < 4.78 is 1.21. The first-order valence-electron chi connectivity index (χ1n) is 9.59. The molecule has 138 valence electrons. The molecule has 1 heterocycles. The summed E-state index contributed by atoms with van der Waals surface area (Å²) in [6, 6.07) is 8.60. The predicted octanol–water partition coefficient (Wildman–Crippen LogP) is 3.38. The number of likely N-dealkylation sites (tertiary alicyclic amines) is 1. The third-order valence-electron chi connectivity index (χ3n) is 5.46. The highest BCUT2D eigenvalue weighted by molar-refractivity contribution is 9.10. The second-order valence-electron chi connectivity index (χ2n) is 7.61. The molecule has 1 saturated carbocycles. The zero-order chi connectivity index (χ0) is 17.7. The van der Waals surface area contributed by atoms with Crippen molar-refractivity contribution in [3.63, 3.8) is 0 Å². The van der Waals surface area contributed by atoms with Crippen LogP contribution in [0.25, 0.3) is 0 Å². The van der Waals surface area contributed by atoms with E-state index in [1.54, 1.807) is 0 Å². The summed E-state index contributed by atoms with van der Waals surface area (Å²) in [5, 5.41) is 6.99. The van der Waals surface area contributed by atoms with Gasteiger partial charge in [-0.1, -0.05) is 34.1 Å². The maximum atomic E-state index is 4.93. The Labute approximate surface area is 160 Å². The van der Waals surface area contributed by atoms with Crippen molar-refractivity contribution in [3.05, 3.63) is 34.3 Å². The van der Waals surface area contributed by atoms with Crippen LogP contribution in [0.1, 0.15) is 38.2 Å². The summed E-state index contributed by atoms with van der Waals surface area (Å²) in [6.45, 7) is 7.32. The normalized spacial score (nSPS) is 23.3. The van der Waals surface area contributed by atoms with Crippen molar-refractivity contribution in [1.29, 1.82) is 0 Å². The molecule has 0 spiro atoms. The lowest BCUT2D eigenvalue weighted by atomic mass is 9.96. The fraction of sp³-hybridized carbons (Fsp3) is 0.650. The minimum Gasteiger partial charge on any atom is -0.357 e. The van der Waals surface area contributed by atoms with Gasteiger partial charge in [0.1, 0.15) is 0 Å². The average molecular weight is 407 g/mol. The van der Waals surface area contributed by atoms with Crippen LogP contribution in [0.15, 0.2) is 33.7 Å². The van der Waals surface area contributed by atoms with Crippen LogP contribution in [-0.4, -0.2) is 50.6 Å². The van der Waals surface area contributed by atoms with Crippen molar-refractivity contribution < 1.29 is 0 Å². The summed E-state index contributed by atoms with van der Waals surface area (Å²) in [4.78, 5) is 7.37. The Morgan fingerprint density at radius 2 is 2.12 bits per heavy atom. The Kier molecular flexibility index (Phi) is 6.39. The molecule has 5 heteroatoms. The highest BCUT2D eigenvalue weighted by Crippen LogP contribution is 2.50. The first kappa shape index (κ1) is 18.7. The van der Waals surface area contributed by atoms with E-state index in [-0.39, 0.29) is 5.41 Å². The summed E-state index contributed by atoms with van der Waals surface area (Å²) in [7, 11) is 2.22. The Hall–Kier alpha value is -1.07. The topological polar surface area (TPSA) is 39.7 Å². The molecule has 2 fully saturated rings. The number of benzene rings is 1. The molecule has 0 bridgehead atoms. The third-order valence-corrected chi connectivity index (χ3v) is 6.15. The number of nitrogens with one attached hydrogen (secondary N) is 2. The lowest BCUT2D eigenvalue weighted by Crippen LogP contribution is -2.43. The van der Waals surface area contributed by atoms with Crippen LogP contribution < -0.4 is 10.6 Å². The molecule has 1 unspecified atom stereocenters.